The Morgan fingerprint density at radius 3 is 0.892 bits per heavy atom. The van der Waals surface area contributed by atoms with E-state index >= 15 is 0 Å². The van der Waals surface area contributed by atoms with E-state index in [1.54, 1.807) is 0 Å². The van der Waals surface area contributed by atoms with Gasteiger partial charge in [-0.25, -0.2) is 9.13 Å². The van der Waals surface area contributed by atoms with E-state index in [0.717, 1.165) is 148 Å². The van der Waals surface area contributed by atoms with Gasteiger partial charge in [-0.15, -0.1) is 0 Å². The van der Waals surface area contributed by atoms with E-state index in [0.29, 0.717) is 38.5 Å². The van der Waals surface area contributed by atoms with Crippen molar-refractivity contribution in [3.05, 3.63) is 158 Å². The van der Waals surface area contributed by atoms with Crippen LogP contribution in [0.3, 0.4) is 0 Å². The van der Waals surface area contributed by atoms with Crippen molar-refractivity contribution < 1.29 is 80.2 Å². The van der Waals surface area contributed by atoms with E-state index in [1.165, 1.54) is 44.9 Å². The Hall–Kier alpha value is -5.32. The largest absolute Gasteiger partial charge is 0.472 e. The van der Waals surface area contributed by atoms with E-state index in [2.05, 4.69) is 161 Å². The summed E-state index contributed by atoms with van der Waals surface area (Å²) < 4.78 is 68.4. The van der Waals surface area contributed by atoms with Crippen LogP contribution in [0.4, 0.5) is 0 Å². The molecule has 0 rings (SSSR count). The molecule has 0 fully saturated rings. The molecule has 0 spiro atoms. The lowest BCUT2D eigenvalue weighted by atomic mass is 10.1. The molecule has 102 heavy (non-hydrogen) atoms. The first-order valence-corrected chi connectivity index (χ1v) is 41.7. The van der Waals surface area contributed by atoms with Crippen LogP contribution >= 0.6 is 15.6 Å². The average molecular weight is 1470 g/mol. The number of hydrogen-bond donors (Lipinski definition) is 3. The molecular weight excluding hydrogens is 1330 g/mol. The number of esters is 4. The maximum Gasteiger partial charge on any atom is 0.472 e. The van der Waals surface area contributed by atoms with E-state index in [-0.39, 0.29) is 25.7 Å². The number of ether oxygens (including phenoxy) is 4. The van der Waals surface area contributed by atoms with Crippen LogP contribution in [0.25, 0.3) is 0 Å². The number of phosphoric acid groups is 2. The highest BCUT2D eigenvalue weighted by Gasteiger charge is 2.30. The van der Waals surface area contributed by atoms with Crippen LogP contribution in [0.1, 0.15) is 285 Å². The zero-order valence-corrected chi connectivity index (χ0v) is 65.0. The summed E-state index contributed by atoms with van der Waals surface area (Å²) in [5, 5.41) is 10.6. The summed E-state index contributed by atoms with van der Waals surface area (Å²) in [6, 6.07) is 0. The third-order valence-electron chi connectivity index (χ3n) is 15.5. The maximum atomic E-state index is 13.1. The molecule has 0 saturated carbocycles. The smallest absolute Gasteiger partial charge is 0.462 e. The van der Waals surface area contributed by atoms with Crippen molar-refractivity contribution in [3.8, 4) is 0 Å². The minimum Gasteiger partial charge on any atom is -0.462 e. The maximum absolute atomic E-state index is 13.1. The zero-order valence-electron chi connectivity index (χ0n) is 63.2. The van der Waals surface area contributed by atoms with E-state index < -0.39 is 97.5 Å². The Labute approximate surface area is 617 Å². The molecule has 0 amide bonds. The van der Waals surface area contributed by atoms with Crippen LogP contribution < -0.4 is 0 Å². The Balaban J connectivity index is 5.48. The highest BCUT2D eigenvalue weighted by Crippen LogP contribution is 2.45. The lowest BCUT2D eigenvalue weighted by Crippen LogP contribution is -2.30. The SMILES string of the molecule is CC/C=C\C/C=C\C/C=C\C/C=C\C/C=C\C/C=C\CCC(=O)OCC(COP(=O)(O)OCC(O)COP(=O)(O)OCC(COC(=O)CCCCCCC/C=C\C/C=C\CCCCC)OC(=O)CCCCCCC/C=C\CCCCCC)OC(=O)CCCC/C=C\C/C=C\C/C=C\C/C=C\CC. The van der Waals surface area contributed by atoms with E-state index in [1.807, 2.05) is 24.3 Å². The molecule has 0 aliphatic heterocycles. The number of aliphatic hydroxyl groups excluding tert-OH is 1. The summed E-state index contributed by atoms with van der Waals surface area (Å²) in [6.45, 7) is 4.42. The van der Waals surface area contributed by atoms with Crippen LogP contribution in [0.2, 0.25) is 0 Å². The minimum atomic E-state index is -5.01. The standard InChI is InChI=1S/C83H136O17P2/c1-5-9-13-17-21-25-29-33-36-37-38-39-42-45-48-52-56-60-64-68-81(86)94-74-79(100-83(88)70-66-62-58-54-50-46-41-35-31-27-23-19-15-11-7-3)76-98-102(91,92)96-72-77(84)71-95-101(89,90)97-75-78(99-82(87)69-65-61-57-53-49-43-32-28-24-20-16-12-8-4)73-93-80(85)67-63-59-55-51-47-44-40-34-30-26-22-18-14-10-6-2/h9,11,13,15,21-23,25-28,32-36,38-41,45,48,50,54,56,60,77-79,84H,5-8,10,12,14,16-20,24,29-31,37,42-44,46-47,49,51-53,55,57-59,61-76H2,1-4H3,(H,89,90)(H,91,92)/b13-9-,15-11-,25-21-,26-22-,27-23-,32-28-,36-33-,39-38-,40-34-,41-35-,48-45-,54-50-,60-56-. The van der Waals surface area contributed by atoms with Crippen molar-refractivity contribution in [2.75, 3.05) is 39.6 Å². The Morgan fingerprint density at radius 1 is 0.284 bits per heavy atom. The molecule has 19 heteroatoms. The van der Waals surface area contributed by atoms with Crippen molar-refractivity contribution in [2.24, 2.45) is 0 Å². The fourth-order valence-electron chi connectivity index (χ4n) is 9.61. The predicted molar refractivity (Wildman–Crippen MR) is 417 cm³/mol. The predicted octanol–water partition coefficient (Wildman–Crippen LogP) is 22.4. The molecule has 5 unspecified atom stereocenters. The van der Waals surface area contributed by atoms with Gasteiger partial charge < -0.3 is 33.8 Å². The molecule has 0 saturated heterocycles. The third kappa shape index (κ3) is 73.0. The van der Waals surface area contributed by atoms with Gasteiger partial charge in [0.2, 0.25) is 0 Å². The lowest BCUT2D eigenvalue weighted by Gasteiger charge is -2.21. The molecule has 3 N–H and O–H groups in total. The molecule has 0 aliphatic carbocycles. The molecule has 0 aromatic rings. The van der Waals surface area contributed by atoms with Crippen LogP contribution in [0.15, 0.2) is 158 Å². The zero-order chi connectivity index (χ0) is 74.6. The summed E-state index contributed by atoms with van der Waals surface area (Å²) >= 11 is 0. The number of phosphoric ester groups is 2. The second-order valence-electron chi connectivity index (χ2n) is 25.2. The van der Waals surface area contributed by atoms with Gasteiger partial charge >= 0.3 is 39.5 Å². The quantitative estimate of drug-likeness (QED) is 0.0169. The van der Waals surface area contributed by atoms with Crippen LogP contribution in [0, 0.1) is 0 Å². The Bertz CT molecular complexity index is 2550. The summed E-state index contributed by atoms with van der Waals surface area (Å²) in [7, 11) is -10.0. The van der Waals surface area contributed by atoms with Crippen LogP contribution in [-0.2, 0) is 65.4 Å². The van der Waals surface area contributed by atoms with E-state index in [9.17, 15) is 43.2 Å². The summed E-state index contributed by atoms with van der Waals surface area (Å²) in [6.07, 6.45) is 85.4. The molecule has 0 aromatic carbocycles. The van der Waals surface area contributed by atoms with Gasteiger partial charge in [-0.3, -0.25) is 37.3 Å². The number of rotatable bonds is 71. The number of carbonyl (C=O) groups is 4. The van der Waals surface area contributed by atoms with Gasteiger partial charge in [0.05, 0.1) is 26.4 Å². The van der Waals surface area contributed by atoms with Crippen molar-refractivity contribution in [1.82, 2.24) is 0 Å². The highest BCUT2D eigenvalue weighted by atomic mass is 31.2. The normalized spacial score (nSPS) is 14.8. The van der Waals surface area contributed by atoms with Gasteiger partial charge in [-0.1, -0.05) is 256 Å². The van der Waals surface area contributed by atoms with Gasteiger partial charge in [-0.05, 0) is 161 Å². The molecule has 0 aliphatic rings. The summed E-state index contributed by atoms with van der Waals surface area (Å²) in [4.78, 5) is 72.9. The van der Waals surface area contributed by atoms with Crippen molar-refractivity contribution in [3.63, 3.8) is 0 Å². The Morgan fingerprint density at radius 2 is 0.529 bits per heavy atom. The summed E-state index contributed by atoms with van der Waals surface area (Å²) in [5.74, 6) is -2.36. The molecule has 0 bridgehead atoms. The molecule has 17 nitrogen and oxygen atoms in total. The number of carbonyl (C=O) groups excluding carboxylic acids is 4. The van der Waals surface area contributed by atoms with Gasteiger partial charge in [0.15, 0.2) is 12.2 Å². The number of unbranched alkanes of at least 4 members (excludes halogenated alkanes) is 19. The van der Waals surface area contributed by atoms with Crippen LogP contribution in [-0.4, -0.2) is 96.7 Å². The van der Waals surface area contributed by atoms with E-state index in [4.69, 9.17) is 37.0 Å². The first-order chi connectivity index (χ1) is 49.7. The second-order valence-corrected chi connectivity index (χ2v) is 28.1. The molecule has 0 radical (unpaired) electrons. The van der Waals surface area contributed by atoms with Gasteiger partial charge in [0, 0.05) is 25.7 Å². The van der Waals surface area contributed by atoms with Crippen LogP contribution in [0.5, 0.6) is 0 Å². The van der Waals surface area contributed by atoms with Crippen molar-refractivity contribution in [1.29, 1.82) is 0 Å². The number of hydrogen-bond acceptors (Lipinski definition) is 15. The molecule has 0 aromatic heterocycles. The third-order valence-corrected chi connectivity index (χ3v) is 17.4. The monoisotopic (exact) mass is 1470 g/mol. The second kappa shape index (κ2) is 74.0. The van der Waals surface area contributed by atoms with Gasteiger partial charge in [-0.2, -0.15) is 0 Å². The minimum absolute atomic E-state index is 0.0209. The topological polar surface area (TPSA) is 237 Å². The number of allylic oxidation sites excluding steroid dienone is 26. The van der Waals surface area contributed by atoms with Gasteiger partial charge in [0.1, 0.15) is 19.3 Å². The lowest BCUT2D eigenvalue weighted by molar-refractivity contribution is -0.161. The first kappa shape index (κ1) is 96.7. The fourth-order valence-corrected chi connectivity index (χ4v) is 11.2. The number of aliphatic hydroxyl groups is 1. The van der Waals surface area contributed by atoms with Crippen molar-refractivity contribution in [2.45, 2.75) is 303 Å². The highest BCUT2D eigenvalue weighted by molar-refractivity contribution is 7.47. The average Bonchev–Trinajstić information content (AvgIpc) is 0.924. The molecule has 0 heterocycles. The molecular formula is C83H136O17P2. The molecule has 580 valence electrons. The fraction of sp³-hybridized carbons (Fsp3) is 0.639. The van der Waals surface area contributed by atoms with Gasteiger partial charge in [0.25, 0.3) is 0 Å². The Kier molecular flexibility index (Phi) is 70.1. The summed E-state index contributed by atoms with van der Waals surface area (Å²) in [5.41, 5.74) is 0. The molecule has 5 atom stereocenters. The van der Waals surface area contributed by atoms with Crippen molar-refractivity contribution >= 4 is 39.5 Å². The first-order valence-electron chi connectivity index (χ1n) is 38.7.